The molecular weight excluding hydrogens is 555 g/mol. The van der Waals surface area contributed by atoms with Gasteiger partial charge in [0.25, 0.3) is 5.91 Å². The number of amides is 1. The summed E-state index contributed by atoms with van der Waals surface area (Å²) < 4.78 is 58.2. The zero-order chi connectivity index (χ0) is 28.6. The molecule has 1 aliphatic rings. The van der Waals surface area contributed by atoms with Crippen molar-refractivity contribution in [2.45, 2.75) is 57.9 Å². The molecule has 1 aliphatic carbocycles. The summed E-state index contributed by atoms with van der Waals surface area (Å²) in [5.74, 6) is -4.21. The third kappa shape index (κ3) is 6.63. The molecule has 0 aromatic carbocycles. The van der Waals surface area contributed by atoms with E-state index in [2.05, 4.69) is 10.1 Å². The molecule has 1 amide bonds. The summed E-state index contributed by atoms with van der Waals surface area (Å²) in [5.41, 5.74) is -4.47. The lowest BCUT2D eigenvalue weighted by Crippen LogP contribution is -2.43. The third-order valence-corrected chi connectivity index (χ3v) is 6.99. The summed E-state index contributed by atoms with van der Waals surface area (Å²) in [5, 5.41) is 12.9. The zero-order valence-electron chi connectivity index (χ0n) is 20.7. The normalized spacial score (nSPS) is 20.3. The first kappa shape index (κ1) is 29.8. The first-order valence-electron chi connectivity index (χ1n) is 11.7. The first-order chi connectivity index (χ1) is 17.5. The Balaban J connectivity index is 1.99. The number of carbonyl (C=O) groups is 3. The van der Waals surface area contributed by atoms with E-state index in [0.717, 1.165) is 32.4 Å². The van der Waals surface area contributed by atoms with Gasteiger partial charge in [-0.3, -0.25) is 24.0 Å². The number of hydrogen-bond acceptors (Lipinski definition) is 5. The van der Waals surface area contributed by atoms with Gasteiger partial charge in [-0.2, -0.15) is 18.3 Å². The number of nitrogens with zero attached hydrogens (tertiary/aromatic N) is 4. The number of halogens is 6. The van der Waals surface area contributed by atoms with Crippen LogP contribution in [0, 0.1) is 11.8 Å². The van der Waals surface area contributed by atoms with Crippen molar-refractivity contribution < 1.29 is 37.1 Å². The van der Waals surface area contributed by atoms with Crippen LogP contribution >= 0.6 is 23.2 Å². The fourth-order valence-corrected chi connectivity index (χ4v) is 5.36. The smallest absolute Gasteiger partial charge is 0.433 e. The molecule has 2 aromatic heterocycles. The highest BCUT2D eigenvalue weighted by molar-refractivity contribution is 6.39. The molecule has 0 radical (unpaired) electrons. The number of carboxylic acid groups (broad SMARTS) is 1. The third-order valence-electron chi connectivity index (χ3n) is 6.42. The van der Waals surface area contributed by atoms with Crippen LogP contribution in [0.5, 0.6) is 0 Å². The molecule has 1 fully saturated rings. The Morgan fingerprint density at radius 1 is 1.11 bits per heavy atom. The van der Waals surface area contributed by atoms with E-state index in [4.69, 9.17) is 23.2 Å². The Labute approximate surface area is 225 Å². The van der Waals surface area contributed by atoms with E-state index in [0.29, 0.717) is 9.58 Å². The van der Waals surface area contributed by atoms with E-state index in [1.807, 2.05) is 0 Å². The predicted molar refractivity (Wildman–Crippen MR) is 130 cm³/mol. The molecule has 0 aliphatic heterocycles. The second-order valence-electron chi connectivity index (χ2n) is 10.0. The van der Waals surface area contributed by atoms with E-state index >= 15 is 0 Å². The average Bonchev–Trinajstić information content (AvgIpc) is 3.22. The Bertz CT molecular complexity index is 1210. The number of hydrogen-bond donors (Lipinski definition) is 1. The van der Waals surface area contributed by atoms with E-state index in [9.17, 15) is 37.1 Å². The van der Waals surface area contributed by atoms with Crippen LogP contribution in [0.2, 0.25) is 10.0 Å². The first-order valence-corrected chi connectivity index (χ1v) is 12.4. The molecule has 2 heterocycles. The number of aromatic nitrogens is 3. The standard InChI is InChI=1S/C24H26Cl2F4N4O4/c1-12-6-13(4-5-14(12)22(37)38)34-20(24(28,29)30)15(7-32-34)21(36)33(11-23(2,3)27)10-18(35)19-16(25)8-31-9-17(19)26/h7-9,12-14H,4-6,10-11H2,1-3H3,(H,37,38)/t12-,13+,14+/m1/s1. The Kier molecular flexibility index (Phi) is 8.77. The lowest BCUT2D eigenvalue weighted by molar-refractivity contribution is -0.149. The second-order valence-corrected chi connectivity index (χ2v) is 10.8. The molecule has 2 aromatic rings. The molecule has 0 saturated heterocycles. The maximum absolute atomic E-state index is 14.6. The van der Waals surface area contributed by atoms with Crippen molar-refractivity contribution in [2.75, 3.05) is 13.1 Å². The molecule has 0 bridgehead atoms. The number of pyridine rings is 1. The van der Waals surface area contributed by atoms with Crippen LogP contribution in [0.4, 0.5) is 17.6 Å². The topological polar surface area (TPSA) is 105 Å². The quantitative estimate of drug-likeness (QED) is 0.315. The predicted octanol–water partition coefficient (Wildman–Crippen LogP) is 5.74. The van der Waals surface area contributed by atoms with E-state index in [-0.39, 0.29) is 34.9 Å². The van der Waals surface area contributed by atoms with Crippen molar-refractivity contribution in [1.82, 2.24) is 19.7 Å². The van der Waals surface area contributed by atoms with Crippen molar-refractivity contribution in [3.05, 3.63) is 45.5 Å². The summed E-state index contributed by atoms with van der Waals surface area (Å²) in [7, 11) is 0. The van der Waals surface area contributed by atoms with Crippen molar-refractivity contribution in [1.29, 1.82) is 0 Å². The summed E-state index contributed by atoms with van der Waals surface area (Å²) >= 11 is 12.0. The average molecular weight is 581 g/mol. The van der Waals surface area contributed by atoms with Crippen molar-refractivity contribution in [3.8, 4) is 0 Å². The van der Waals surface area contributed by atoms with Crippen LogP contribution in [0.25, 0.3) is 0 Å². The maximum Gasteiger partial charge on any atom is 0.433 e. The molecule has 0 unspecified atom stereocenters. The molecule has 3 atom stereocenters. The lowest BCUT2D eigenvalue weighted by atomic mass is 9.78. The van der Waals surface area contributed by atoms with Gasteiger partial charge in [0.15, 0.2) is 11.5 Å². The number of carbonyl (C=O) groups excluding carboxylic acids is 2. The summed E-state index contributed by atoms with van der Waals surface area (Å²) in [6, 6.07) is -0.805. The van der Waals surface area contributed by atoms with Crippen LogP contribution in [-0.4, -0.2) is 61.2 Å². The molecule has 8 nitrogen and oxygen atoms in total. The van der Waals surface area contributed by atoms with Gasteiger partial charge in [-0.15, -0.1) is 0 Å². The molecule has 208 valence electrons. The Morgan fingerprint density at radius 2 is 1.71 bits per heavy atom. The summed E-state index contributed by atoms with van der Waals surface area (Å²) in [4.78, 5) is 42.2. The Morgan fingerprint density at radius 3 is 2.21 bits per heavy atom. The summed E-state index contributed by atoms with van der Waals surface area (Å²) in [6.07, 6.45) is -1.64. The number of aliphatic carboxylic acids is 1. The largest absolute Gasteiger partial charge is 0.481 e. The fourth-order valence-electron chi connectivity index (χ4n) is 4.79. The number of carboxylic acids is 1. The molecule has 1 saturated carbocycles. The molecule has 1 N–H and O–H groups in total. The SMILES string of the molecule is C[C@@H]1C[C@@H](n2ncc(C(=O)N(CC(=O)c3c(Cl)cncc3Cl)CC(C)(C)F)c2C(F)(F)F)CC[C@@H]1C(=O)O. The van der Waals surface area contributed by atoms with Gasteiger partial charge in [0, 0.05) is 12.4 Å². The number of alkyl halides is 4. The van der Waals surface area contributed by atoms with Gasteiger partial charge >= 0.3 is 12.1 Å². The highest BCUT2D eigenvalue weighted by Gasteiger charge is 2.44. The van der Waals surface area contributed by atoms with Crippen LogP contribution in [0.3, 0.4) is 0 Å². The minimum Gasteiger partial charge on any atom is -0.481 e. The molecule has 3 rings (SSSR count). The van der Waals surface area contributed by atoms with Crippen molar-refractivity contribution in [3.63, 3.8) is 0 Å². The second kappa shape index (κ2) is 11.2. The molecular formula is C24H26Cl2F4N4O4. The van der Waals surface area contributed by atoms with Crippen molar-refractivity contribution in [2.24, 2.45) is 11.8 Å². The van der Waals surface area contributed by atoms with Crippen LogP contribution in [-0.2, 0) is 11.0 Å². The molecule has 38 heavy (non-hydrogen) atoms. The van der Waals surface area contributed by atoms with Gasteiger partial charge in [-0.05, 0) is 39.0 Å². The lowest BCUT2D eigenvalue weighted by Gasteiger charge is -2.33. The van der Waals surface area contributed by atoms with Crippen LogP contribution in [0.15, 0.2) is 18.6 Å². The van der Waals surface area contributed by atoms with Gasteiger partial charge < -0.3 is 10.0 Å². The number of ketones is 1. The summed E-state index contributed by atoms with van der Waals surface area (Å²) in [6.45, 7) is 2.35. The highest BCUT2D eigenvalue weighted by atomic mass is 35.5. The van der Waals surface area contributed by atoms with Crippen LogP contribution in [0.1, 0.15) is 72.5 Å². The van der Waals surface area contributed by atoms with E-state index in [1.54, 1.807) is 6.92 Å². The van der Waals surface area contributed by atoms with Gasteiger partial charge in [0.2, 0.25) is 0 Å². The fraction of sp³-hybridized carbons (Fsp3) is 0.542. The van der Waals surface area contributed by atoms with Gasteiger partial charge in [0.05, 0.1) is 52.4 Å². The van der Waals surface area contributed by atoms with E-state index < -0.39 is 71.7 Å². The van der Waals surface area contributed by atoms with Gasteiger partial charge in [-0.25, -0.2) is 4.39 Å². The zero-order valence-corrected chi connectivity index (χ0v) is 22.2. The van der Waals surface area contributed by atoms with Gasteiger partial charge in [0.1, 0.15) is 5.67 Å². The minimum absolute atomic E-state index is 0.105. The molecule has 0 spiro atoms. The highest BCUT2D eigenvalue weighted by Crippen LogP contribution is 2.41. The Hall–Kier alpha value is -2.73. The maximum atomic E-state index is 14.6. The van der Waals surface area contributed by atoms with Gasteiger partial charge in [-0.1, -0.05) is 30.1 Å². The molecule has 14 heteroatoms. The monoisotopic (exact) mass is 580 g/mol. The van der Waals surface area contributed by atoms with Crippen molar-refractivity contribution >= 4 is 40.9 Å². The number of rotatable bonds is 8. The number of Topliss-reactive ketones (excluding diaryl/α,β-unsaturated/α-hetero) is 1. The van der Waals surface area contributed by atoms with E-state index in [1.165, 1.54) is 0 Å². The minimum atomic E-state index is -5.02. The van der Waals surface area contributed by atoms with Crippen LogP contribution < -0.4 is 0 Å².